The van der Waals surface area contributed by atoms with E-state index in [1.807, 2.05) is 6.92 Å². The topological polar surface area (TPSA) is 57.0 Å². The third kappa shape index (κ3) is 4.11. The van der Waals surface area contributed by atoms with E-state index in [0.29, 0.717) is 22.3 Å². The van der Waals surface area contributed by atoms with Gasteiger partial charge in [0.2, 0.25) is 0 Å². The van der Waals surface area contributed by atoms with Gasteiger partial charge in [0.15, 0.2) is 0 Å². The van der Waals surface area contributed by atoms with Crippen LogP contribution in [0.15, 0.2) is 59.4 Å². The molecule has 0 saturated heterocycles. The van der Waals surface area contributed by atoms with Crippen molar-refractivity contribution in [2.24, 2.45) is 0 Å². The van der Waals surface area contributed by atoms with Crippen LogP contribution in [-0.2, 0) is 0 Å². The van der Waals surface area contributed by atoms with Crippen molar-refractivity contribution in [3.63, 3.8) is 0 Å². The fourth-order valence-electron chi connectivity index (χ4n) is 3.13. The van der Waals surface area contributed by atoms with Gasteiger partial charge in [-0.15, -0.1) is 13.2 Å². The molecule has 0 amide bonds. The van der Waals surface area contributed by atoms with Gasteiger partial charge in [0.1, 0.15) is 22.8 Å². The molecule has 2 aromatic heterocycles. The molecule has 2 heterocycles. The molecule has 0 unspecified atom stereocenters. The van der Waals surface area contributed by atoms with E-state index in [2.05, 4.69) is 14.8 Å². The first-order valence-corrected chi connectivity index (χ1v) is 9.16. The van der Waals surface area contributed by atoms with Crippen LogP contribution in [0.5, 0.6) is 5.75 Å². The zero-order chi connectivity index (χ0) is 22.3. The van der Waals surface area contributed by atoms with Crippen molar-refractivity contribution in [2.75, 3.05) is 0 Å². The summed E-state index contributed by atoms with van der Waals surface area (Å²) in [6, 6.07) is 12.1. The number of fused-ring (bicyclic) bond motifs is 1. The van der Waals surface area contributed by atoms with Crippen LogP contribution >= 0.6 is 0 Å². The zero-order valence-electron chi connectivity index (χ0n) is 16.4. The lowest BCUT2D eigenvalue weighted by atomic mass is 10.0. The number of alkyl halides is 3. The number of ether oxygens (including phenoxy) is 1. The predicted octanol–water partition coefficient (Wildman–Crippen LogP) is 5.10. The van der Waals surface area contributed by atoms with Crippen molar-refractivity contribution >= 4 is 10.9 Å². The number of hydrogen-bond acceptors (Lipinski definition) is 4. The van der Waals surface area contributed by atoms with Gasteiger partial charge >= 0.3 is 6.36 Å². The highest BCUT2D eigenvalue weighted by Gasteiger charge is 2.31. The maximum atomic E-state index is 13.4. The SMILES string of the molecule is Cc1cc2c(-c3ccc(F)cc3)nn(-c3ccc(OC(F)(F)F)cc3)c(=O)c2nc1C. The van der Waals surface area contributed by atoms with E-state index in [0.717, 1.165) is 22.4 Å². The summed E-state index contributed by atoms with van der Waals surface area (Å²) in [7, 11) is 0. The van der Waals surface area contributed by atoms with E-state index in [9.17, 15) is 22.4 Å². The number of benzene rings is 2. The molecule has 0 N–H and O–H groups in total. The minimum absolute atomic E-state index is 0.146. The van der Waals surface area contributed by atoms with Gasteiger partial charge in [0.25, 0.3) is 5.56 Å². The second-order valence-electron chi connectivity index (χ2n) is 6.90. The minimum atomic E-state index is -4.82. The molecule has 31 heavy (non-hydrogen) atoms. The summed E-state index contributed by atoms with van der Waals surface area (Å²) in [5.74, 6) is -0.847. The molecule has 0 atom stereocenters. The lowest BCUT2D eigenvalue weighted by Gasteiger charge is -2.13. The van der Waals surface area contributed by atoms with Gasteiger partial charge in [-0.3, -0.25) is 4.79 Å². The van der Waals surface area contributed by atoms with Gasteiger partial charge in [-0.25, -0.2) is 9.37 Å². The Kier molecular flexibility index (Phi) is 4.96. The van der Waals surface area contributed by atoms with Crippen molar-refractivity contribution in [1.82, 2.24) is 14.8 Å². The predicted molar refractivity (Wildman–Crippen MR) is 107 cm³/mol. The Morgan fingerprint density at radius 2 is 1.61 bits per heavy atom. The number of nitrogens with zero attached hydrogens (tertiary/aromatic N) is 3. The second-order valence-corrected chi connectivity index (χ2v) is 6.90. The summed E-state index contributed by atoms with van der Waals surface area (Å²) in [6.45, 7) is 3.61. The molecule has 4 aromatic rings. The van der Waals surface area contributed by atoms with Crippen LogP contribution in [0.3, 0.4) is 0 Å². The van der Waals surface area contributed by atoms with Crippen molar-refractivity contribution < 1.29 is 22.3 Å². The summed E-state index contributed by atoms with van der Waals surface area (Å²) >= 11 is 0. The van der Waals surface area contributed by atoms with Crippen LogP contribution in [-0.4, -0.2) is 21.1 Å². The van der Waals surface area contributed by atoms with Gasteiger partial charge in [-0.1, -0.05) is 0 Å². The maximum absolute atomic E-state index is 13.4. The molecule has 0 radical (unpaired) electrons. The molecule has 9 heteroatoms. The largest absolute Gasteiger partial charge is 0.573 e. The number of halogens is 4. The van der Waals surface area contributed by atoms with Crippen LogP contribution in [0.1, 0.15) is 11.3 Å². The molecule has 2 aromatic carbocycles. The van der Waals surface area contributed by atoms with Crippen LogP contribution < -0.4 is 10.3 Å². The Hall–Kier alpha value is -3.75. The fourth-order valence-corrected chi connectivity index (χ4v) is 3.13. The van der Waals surface area contributed by atoms with E-state index in [-0.39, 0.29) is 11.2 Å². The molecule has 4 rings (SSSR count). The number of aryl methyl sites for hydroxylation is 2. The van der Waals surface area contributed by atoms with E-state index in [1.54, 1.807) is 13.0 Å². The lowest BCUT2D eigenvalue weighted by Crippen LogP contribution is -2.23. The average Bonchev–Trinajstić information content (AvgIpc) is 2.70. The summed E-state index contributed by atoms with van der Waals surface area (Å²) in [5, 5.41) is 4.92. The average molecular weight is 429 g/mol. The van der Waals surface area contributed by atoms with Gasteiger partial charge < -0.3 is 4.74 Å². The van der Waals surface area contributed by atoms with E-state index < -0.39 is 23.5 Å². The molecule has 0 bridgehead atoms. The normalized spacial score (nSPS) is 11.7. The van der Waals surface area contributed by atoms with E-state index >= 15 is 0 Å². The van der Waals surface area contributed by atoms with Crippen LogP contribution in [0.2, 0.25) is 0 Å². The highest BCUT2D eigenvalue weighted by Crippen LogP contribution is 2.27. The highest BCUT2D eigenvalue weighted by molar-refractivity contribution is 5.92. The molecular weight excluding hydrogens is 414 g/mol. The molecule has 5 nitrogen and oxygen atoms in total. The molecule has 0 saturated carbocycles. The number of aromatic nitrogens is 3. The van der Waals surface area contributed by atoms with Crippen molar-refractivity contribution in [3.8, 4) is 22.7 Å². The Balaban J connectivity index is 1.94. The third-order valence-electron chi connectivity index (χ3n) is 4.75. The van der Waals surface area contributed by atoms with Gasteiger partial charge in [-0.2, -0.15) is 9.78 Å². The monoisotopic (exact) mass is 429 g/mol. The van der Waals surface area contributed by atoms with E-state index in [4.69, 9.17) is 0 Å². The summed E-state index contributed by atoms with van der Waals surface area (Å²) in [6.07, 6.45) is -4.82. The van der Waals surface area contributed by atoms with Gasteiger partial charge in [-0.05, 0) is 74.0 Å². The molecule has 0 aliphatic rings. The van der Waals surface area contributed by atoms with Crippen molar-refractivity contribution in [2.45, 2.75) is 20.2 Å². The van der Waals surface area contributed by atoms with E-state index in [1.165, 1.54) is 36.4 Å². The number of pyridine rings is 1. The molecule has 0 spiro atoms. The van der Waals surface area contributed by atoms with Gasteiger partial charge in [0, 0.05) is 16.6 Å². The van der Waals surface area contributed by atoms with Crippen molar-refractivity contribution in [3.05, 3.63) is 82.0 Å². The zero-order valence-corrected chi connectivity index (χ0v) is 16.4. The number of hydrogen-bond donors (Lipinski definition) is 0. The van der Waals surface area contributed by atoms with Crippen molar-refractivity contribution in [1.29, 1.82) is 0 Å². The molecule has 0 aliphatic carbocycles. The third-order valence-corrected chi connectivity index (χ3v) is 4.75. The summed E-state index contributed by atoms with van der Waals surface area (Å²) in [4.78, 5) is 17.5. The Morgan fingerprint density at radius 1 is 0.968 bits per heavy atom. The lowest BCUT2D eigenvalue weighted by molar-refractivity contribution is -0.274. The van der Waals surface area contributed by atoms with Crippen LogP contribution in [0, 0.1) is 19.7 Å². The smallest absolute Gasteiger partial charge is 0.406 e. The maximum Gasteiger partial charge on any atom is 0.573 e. The van der Waals surface area contributed by atoms with Crippen LogP contribution in [0.4, 0.5) is 17.6 Å². The summed E-state index contributed by atoms with van der Waals surface area (Å²) in [5.41, 5.74) is 2.29. The molecule has 0 aliphatic heterocycles. The second kappa shape index (κ2) is 7.50. The molecule has 158 valence electrons. The fraction of sp³-hybridized carbons (Fsp3) is 0.136. The highest BCUT2D eigenvalue weighted by atomic mass is 19.4. The quantitative estimate of drug-likeness (QED) is 0.425. The minimum Gasteiger partial charge on any atom is -0.406 e. The standard InChI is InChI=1S/C22H15F4N3O2/c1-12-11-18-19(14-3-5-15(23)6-4-14)28-29(21(30)20(18)27-13(12)2)16-7-9-17(10-8-16)31-22(24,25)26/h3-11H,1-2H3. The van der Waals surface area contributed by atoms with Gasteiger partial charge in [0.05, 0.1) is 5.69 Å². The first-order chi connectivity index (χ1) is 14.6. The number of rotatable bonds is 3. The Labute approximate surface area is 173 Å². The molecule has 0 fully saturated rings. The Bertz CT molecular complexity index is 1330. The molecular formula is C22H15F4N3O2. The summed E-state index contributed by atoms with van der Waals surface area (Å²) < 4.78 is 55.6. The Morgan fingerprint density at radius 3 is 2.23 bits per heavy atom. The first kappa shape index (κ1) is 20.5. The first-order valence-electron chi connectivity index (χ1n) is 9.16. The van der Waals surface area contributed by atoms with Crippen LogP contribution in [0.25, 0.3) is 27.8 Å².